The quantitative estimate of drug-likeness (QED) is 0.681. The Kier molecular flexibility index (Phi) is 5.63. The van der Waals surface area contributed by atoms with Crippen LogP contribution < -0.4 is 16.0 Å². The Balaban J connectivity index is 2.54. The SMILES string of the molecule is CCNC(=O)c1cc(NCCC(=O)NC)ccn1. The Morgan fingerprint density at radius 2 is 2.17 bits per heavy atom. The molecule has 18 heavy (non-hydrogen) atoms. The lowest BCUT2D eigenvalue weighted by atomic mass is 10.3. The van der Waals surface area contributed by atoms with Crippen LogP contribution in [0.15, 0.2) is 18.3 Å². The van der Waals surface area contributed by atoms with Gasteiger partial charge in [0.2, 0.25) is 5.91 Å². The van der Waals surface area contributed by atoms with Crippen LogP contribution in [0, 0.1) is 0 Å². The molecular formula is C12H18N4O2. The average molecular weight is 250 g/mol. The van der Waals surface area contributed by atoms with Gasteiger partial charge in [0.05, 0.1) is 0 Å². The second-order valence-corrected chi connectivity index (χ2v) is 3.64. The molecule has 1 aromatic rings. The molecule has 98 valence electrons. The number of hydrogen-bond acceptors (Lipinski definition) is 4. The van der Waals surface area contributed by atoms with Crippen LogP contribution in [-0.4, -0.2) is 36.9 Å². The first-order valence-electron chi connectivity index (χ1n) is 5.86. The minimum absolute atomic E-state index is 0.0273. The summed E-state index contributed by atoms with van der Waals surface area (Å²) < 4.78 is 0. The van der Waals surface area contributed by atoms with Crippen LogP contribution >= 0.6 is 0 Å². The van der Waals surface area contributed by atoms with Gasteiger partial charge in [-0.1, -0.05) is 0 Å². The zero-order valence-electron chi connectivity index (χ0n) is 10.6. The van der Waals surface area contributed by atoms with E-state index < -0.39 is 0 Å². The Morgan fingerprint density at radius 3 is 2.83 bits per heavy atom. The summed E-state index contributed by atoms with van der Waals surface area (Å²) in [5, 5.41) is 8.29. The molecule has 1 aromatic heterocycles. The van der Waals surface area contributed by atoms with E-state index in [1.54, 1.807) is 25.4 Å². The Hall–Kier alpha value is -2.11. The van der Waals surface area contributed by atoms with Gasteiger partial charge in [0.1, 0.15) is 5.69 Å². The summed E-state index contributed by atoms with van der Waals surface area (Å²) >= 11 is 0. The molecule has 0 aliphatic rings. The van der Waals surface area contributed by atoms with Crippen molar-refractivity contribution in [2.75, 3.05) is 25.5 Å². The third kappa shape index (κ3) is 4.40. The first-order chi connectivity index (χ1) is 8.67. The maximum Gasteiger partial charge on any atom is 0.269 e. The van der Waals surface area contributed by atoms with E-state index in [4.69, 9.17) is 0 Å². The molecular weight excluding hydrogens is 232 g/mol. The molecule has 0 aromatic carbocycles. The number of carbonyl (C=O) groups excluding carboxylic acids is 2. The second kappa shape index (κ2) is 7.26. The van der Waals surface area contributed by atoms with Crippen molar-refractivity contribution in [1.29, 1.82) is 0 Å². The number of nitrogens with one attached hydrogen (secondary N) is 3. The van der Waals surface area contributed by atoms with E-state index >= 15 is 0 Å². The maximum absolute atomic E-state index is 11.6. The van der Waals surface area contributed by atoms with E-state index in [1.165, 1.54) is 0 Å². The molecule has 0 radical (unpaired) electrons. The summed E-state index contributed by atoms with van der Waals surface area (Å²) in [4.78, 5) is 26.6. The molecule has 2 amide bonds. The molecule has 6 nitrogen and oxygen atoms in total. The van der Waals surface area contributed by atoms with Gasteiger partial charge < -0.3 is 16.0 Å². The van der Waals surface area contributed by atoms with E-state index in [0.29, 0.717) is 25.2 Å². The maximum atomic E-state index is 11.6. The van der Waals surface area contributed by atoms with Gasteiger partial charge in [0.15, 0.2) is 0 Å². The van der Waals surface area contributed by atoms with Crippen LogP contribution in [0.25, 0.3) is 0 Å². The molecule has 0 aliphatic carbocycles. The Bertz CT molecular complexity index is 420. The zero-order valence-corrected chi connectivity index (χ0v) is 10.6. The lowest BCUT2D eigenvalue weighted by Crippen LogP contribution is -2.24. The van der Waals surface area contributed by atoms with Crippen molar-refractivity contribution in [2.45, 2.75) is 13.3 Å². The fourth-order valence-electron chi connectivity index (χ4n) is 1.36. The van der Waals surface area contributed by atoms with Crippen LogP contribution in [-0.2, 0) is 4.79 Å². The minimum Gasteiger partial charge on any atom is -0.384 e. The highest BCUT2D eigenvalue weighted by molar-refractivity contribution is 5.93. The van der Waals surface area contributed by atoms with Crippen molar-refractivity contribution in [3.8, 4) is 0 Å². The number of amides is 2. The van der Waals surface area contributed by atoms with Gasteiger partial charge in [-0.2, -0.15) is 0 Å². The fraction of sp³-hybridized carbons (Fsp3) is 0.417. The van der Waals surface area contributed by atoms with Gasteiger partial charge in [-0.3, -0.25) is 14.6 Å². The summed E-state index contributed by atoms with van der Waals surface area (Å²) in [7, 11) is 1.60. The Labute approximate surface area is 106 Å². The molecule has 0 bridgehead atoms. The van der Waals surface area contributed by atoms with Crippen LogP contribution in [0.4, 0.5) is 5.69 Å². The van der Waals surface area contributed by atoms with Crippen LogP contribution in [0.1, 0.15) is 23.8 Å². The smallest absolute Gasteiger partial charge is 0.269 e. The highest BCUT2D eigenvalue weighted by Gasteiger charge is 2.06. The highest BCUT2D eigenvalue weighted by Crippen LogP contribution is 2.07. The van der Waals surface area contributed by atoms with Crippen molar-refractivity contribution >= 4 is 17.5 Å². The van der Waals surface area contributed by atoms with Crippen molar-refractivity contribution in [2.24, 2.45) is 0 Å². The number of pyridine rings is 1. The largest absolute Gasteiger partial charge is 0.384 e. The molecule has 0 spiro atoms. The zero-order chi connectivity index (χ0) is 13.4. The van der Waals surface area contributed by atoms with E-state index in [-0.39, 0.29) is 11.8 Å². The molecule has 6 heteroatoms. The van der Waals surface area contributed by atoms with Crippen molar-refractivity contribution in [3.63, 3.8) is 0 Å². The predicted octanol–water partition coefficient (Wildman–Crippen LogP) is 0.379. The molecule has 0 atom stereocenters. The monoisotopic (exact) mass is 250 g/mol. The first-order valence-corrected chi connectivity index (χ1v) is 5.86. The number of aromatic nitrogens is 1. The molecule has 1 heterocycles. The fourth-order valence-corrected chi connectivity index (χ4v) is 1.36. The van der Waals surface area contributed by atoms with Gasteiger partial charge in [-0.05, 0) is 19.1 Å². The van der Waals surface area contributed by atoms with Crippen molar-refractivity contribution in [1.82, 2.24) is 15.6 Å². The summed E-state index contributed by atoms with van der Waals surface area (Å²) in [6.45, 7) is 2.93. The molecule has 0 aliphatic heterocycles. The van der Waals surface area contributed by atoms with Gasteiger partial charge in [-0.15, -0.1) is 0 Å². The predicted molar refractivity (Wildman–Crippen MR) is 69.4 cm³/mol. The number of hydrogen-bond donors (Lipinski definition) is 3. The average Bonchev–Trinajstić information content (AvgIpc) is 2.39. The molecule has 3 N–H and O–H groups in total. The summed E-state index contributed by atoms with van der Waals surface area (Å²) in [5.41, 5.74) is 1.14. The summed E-state index contributed by atoms with van der Waals surface area (Å²) in [5.74, 6) is -0.229. The molecule has 0 saturated carbocycles. The van der Waals surface area contributed by atoms with Crippen LogP contribution in [0.2, 0.25) is 0 Å². The lowest BCUT2D eigenvalue weighted by Gasteiger charge is -2.07. The lowest BCUT2D eigenvalue weighted by molar-refractivity contribution is -0.120. The highest BCUT2D eigenvalue weighted by atomic mass is 16.2. The third-order valence-corrected chi connectivity index (χ3v) is 2.29. The minimum atomic E-state index is -0.201. The van der Waals surface area contributed by atoms with Gasteiger partial charge in [-0.25, -0.2) is 0 Å². The molecule has 1 rings (SSSR count). The first kappa shape index (κ1) is 14.0. The number of anilines is 1. The van der Waals surface area contributed by atoms with E-state index in [9.17, 15) is 9.59 Å². The third-order valence-electron chi connectivity index (χ3n) is 2.29. The van der Waals surface area contributed by atoms with Gasteiger partial charge >= 0.3 is 0 Å². The second-order valence-electron chi connectivity index (χ2n) is 3.64. The number of carbonyl (C=O) groups is 2. The normalized spacial score (nSPS) is 9.67. The van der Waals surface area contributed by atoms with E-state index in [2.05, 4.69) is 20.9 Å². The van der Waals surface area contributed by atoms with Gasteiger partial charge in [0, 0.05) is 38.4 Å². The van der Waals surface area contributed by atoms with Crippen LogP contribution in [0.3, 0.4) is 0 Å². The van der Waals surface area contributed by atoms with E-state index in [0.717, 1.165) is 5.69 Å². The summed E-state index contributed by atoms with van der Waals surface area (Å²) in [6.07, 6.45) is 1.95. The van der Waals surface area contributed by atoms with Crippen molar-refractivity contribution < 1.29 is 9.59 Å². The standard InChI is InChI=1S/C12H18N4O2/c1-3-14-12(18)10-8-9(4-6-16-10)15-7-5-11(17)13-2/h4,6,8H,3,5,7H2,1-2H3,(H,13,17)(H,14,18)(H,15,16). The van der Waals surface area contributed by atoms with Gasteiger partial charge in [0.25, 0.3) is 5.91 Å². The van der Waals surface area contributed by atoms with Crippen molar-refractivity contribution in [3.05, 3.63) is 24.0 Å². The van der Waals surface area contributed by atoms with E-state index in [1.807, 2.05) is 6.92 Å². The number of nitrogens with zero attached hydrogens (tertiary/aromatic N) is 1. The Morgan fingerprint density at radius 1 is 1.39 bits per heavy atom. The molecule has 0 saturated heterocycles. The van der Waals surface area contributed by atoms with Crippen LogP contribution in [0.5, 0.6) is 0 Å². The summed E-state index contributed by atoms with van der Waals surface area (Å²) in [6, 6.07) is 3.42. The molecule has 0 unspecified atom stereocenters. The molecule has 0 fully saturated rings. The number of rotatable bonds is 6. The topological polar surface area (TPSA) is 83.1 Å².